The first-order valence-corrected chi connectivity index (χ1v) is 7.92. The number of fused-ring (bicyclic) bond motifs is 2. The fourth-order valence-corrected chi connectivity index (χ4v) is 3.67. The van der Waals surface area contributed by atoms with E-state index in [9.17, 15) is 4.79 Å². The number of alkyl halides is 1. The van der Waals surface area contributed by atoms with Gasteiger partial charge in [-0.05, 0) is 44.9 Å². The molecule has 0 radical (unpaired) electrons. The predicted octanol–water partition coefficient (Wildman–Crippen LogP) is 3.75. The van der Waals surface area contributed by atoms with Gasteiger partial charge in [-0.3, -0.25) is 0 Å². The Morgan fingerprint density at radius 2 is 2.04 bits per heavy atom. The molecule has 5 heteroatoms. The van der Waals surface area contributed by atoms with Gasteiger partial charge in [-0.1, -0.05) is 12.1 Å². The van der Waals surface area contributed by atoms with Gasteiger partial charge in [0.05, 0.1) is 11.6 Å². The molecule has 1 aromatic carbocycles. The summed E-state index contributed by atoms with van der Waals surface area (Å²) in [5.74, 6) is -0.215. The van der Waals surface area contributed by atoms with E-state index in [0.717, 1.165) is 0 Å². The van der Waals surface area contributed by atoms with Crippen molar-refractivity contribution in [1.82, 2.24) is 4.90 Å². The fraction of sp³-hybridized carbons (Fsp3) is 0.556. The van der Waals surface area contributed by atoms with Crippen molar-refractivity contribution in [2.24, 2.45) is 5.92 Å². The Balaban J connectivity index is 1.74. The van der Waals surface area contributed by atoms with Crippen molar-refractivity contribution in [2.75, 3.05) is 6.54 Å². The summed E-state index contributed by atoms with van der Waals surface area (Å²) in [5.41, 5.74) is -0.834. The van der Waals surface area contributed by atoms with Gasteiger partial charge < -0.3 is 9.64 Å². The summed E-state index contributed by atoms with van der Waals surface area (Å²) in [7, 11) is 0. The molecule has 1 aliphatic carbocycles. The summed E-state index contributed by atoms with van der Waals surface area (Å²) in [6.07, 6.45) is 0.602. The van der Waals surface area contributed by atoms with E-state index in [1.807, 2.05) is 26.8 Å². The van der Waals surface area contributed by atoms with Crippen LogP contribution in [0.4, 0.5) is 9.18 Å². The van der Waals surface area contributed by atoms with Gasteiger partial charge in [-0.2, -0.15) is 5.26 Å². The van der Waals surface area contributed by atoms with Gasteiger partial charge in [0.15, 0.2) is 0 Å². The highest BCUT2D eigenvalue weighted by Gasteiger charge is 2.57. The molecule has 23 heavy (non-hydrogen) atoms. The van der Waals surface area contributed by atoms with Crippen LogP contribution in [0.25, 0.3) is 0 Å². The summed E-state index contributed by atoms with van der Waals surface area (Å²) < 4.78 is 20.9. The van der Waals surface area contributed by atoms with Gasteiger partial charge in [-0.25, -0.2) is 9.18 Å². The Hall–Kier alpha value is -2.09. The van der Waals surface area contributed by atoms with Crippen molar-refractivity contribution in [1.29, 1.82) is 5.26 Å². The fourth-order valence-electron chi connectivity index (χ4n) is 3.67. The highest BCUT2D eigenvalue weighted by atomic mass is 19.1. The molecule has 0 spiro atoms. The summed E-state index contributed by atoms with van der Waals surface area (Å²) in [4.78, 5) is 13.9. The highest BCUT2D eigenvalue weighted by molar-refractivity contribution is 5.69. The van der Waals surface area contributed by atoms with Gasteiger partial charge in [0, 0.05) is 24.9 Å². The zero-order valence-electron chi connectivity index (χ0n) is 13.7. The number of hydrogen-bond acceptors (Lipinski definition) is 3. The minimum atomic E-state index is -1.42. The number of carbonyl (C=O) groups is 1. The smallest absolute Gasteiger partial charge is 0.410 e. The van der Waals surface area contributed by atoms with Gasteiger partial charge in [0.1, 0.15) is 11.3 Å². The van der Waals surface area contributed by atoms with Gasteiger partial charge in [0.2, 0.25) is 0 Å². The van der Waals surface area contributed by atoms with Crippen molar-refractivity contribution in [2.45, 2.75) is 50.9 Å². The van der Waals surface area contributed by atoms with E-state index in [4.69, 9.17) is 10.00 Å². The minimum Gasteiger partial charge on any atom is -0.444 e. The molecule has 2 bridgehead atoms. The van der Waals surface area contributed by atoms with Crippen LogP contribution >= 0.6 is 0 Å². The van der Waals surface area contributed by atoms with Crippen LogP contribution in [0.3, 0.4) is 0 Å². The number of likely N-dealkylation sites (tertiary alicyclic amines) is 1. The average Bonchev–Trinajstić information content (AvgIpc) is 3.03. The molecule has 1 amide bonds. The number of nitriles is 1. The van der Waals surface area contributed by atoms with Crippen LogP contribution in [-0.4, -0.2) is 29.2 Å². The lowest BCUT2D eigenvalue weighted by Crippen LogP contribution is -2.46. The van der Waals surface area contributed by atoms with E-state index in [1.54, 1.807) is 29.2 Å². The number of hydrogen-bond donors (Lipinski definition) is 0. The van der Waals surface area contributed by atoms with Gasteiger partial charge in [-0.15, -0.1) is 0 Å². The number of ether oxygens (including phenoxy) is 1. The Kier molecular flexibility index (Phi) is 3.59. The molecule has 1 saturated carbocycles. The third-order valence-electron chi connectivity index (χ3n) is 4.72. The first kappa shape index (κ1) is 15.8. The molecule has 1 aromatic rings. The zero-order valence-corrected chi connectivity index (χ0v) is 13.7. The first-order chi connectivity index (χ1) is 10.7. The van der Waals surface area contributed by atoms with Crippen LogP contribution in [0.2, 0.25) is 0 Å². The summed E-state index contributed by atoms with van der Waals surface area (Å²) in [5, 5.41) is 8.85. The quantitative estimate of drug-likeness (QED) is 0.793. The van der Waals surface area contributed by atoms with Crippen LogP contribution < -0.4 is 0 Å². The topological polar surface area (TPSA) is 53.3 Å². The SMILES string of the molecule is CC(C)(C)OC(=O)N1CC2CC1CC2(F)c1ccc(C#N)cc1. The van der Waals surface area contributed by atoms with Crippen LogP contribution in [0.15, 0.2) is 24.3 Å². The van der Waals surface area contributed by atoms with Crippen molar-refractivity contribution >= 4 is 6.09 Å². The Labute approximate surface area is 135 Å². The number of amides is 1. The zero-order chi connectivity index (χ0) is 16.8. The van der Waals surface area contributed by atoms with Gasteiger partial charge in [0.25, 0.3) is 0 Å². The lowest BCUT2D eigenvalue weighted by molar-refractivity contribution is -0.000797. The molecule has 1 aliphatic heterocycles. The molecule has 3 atom stereocenters. The van der Waals surface area contributed by atoms with E-state index < -0.39 is 11.3 Å². The number of rotatable bonds is 1. The Morgan fingerprint density at radius 1 is 1.39 bits per heavy atom. The minimum absolute atomic E-state index is 0.115. The molecule has 0 N–H and O–H groups in total. The summed E-state index contributed by atoms with van der Waals surface area (Å²) in [6, 6.07) is 8.61. The maximum atomic E-state index is 15.5. The normalized spacial score (nSPS) is 29.4. The van der Waals surface area contributed by atoms with Crippen LogP contribution in [0, 0.1) is 17.2 Å². The lowest BCUT2D eigenvalue weighted by Gasteiger charge is -2.36. The maximum Gasteiger partial charge on any atom is 0.410 e. The van der Waals surface area contributed by atoms with E-state index in [1.165, 1.54) is 0 Å². The molecule has 2 aliphatic rings. The Bertz CT molecular complexity index is 659. The standard InChI is InChI=1S/C18H21FN2O2/c1-17(2,3)23-16(22)21-11-14-8-15(21)9-18(14,19)13-6-4-12(10-20)5-7-13/h4-7,14-15H,8-9,11H2,1-3H3. The van der Waals surface area contributed by atoms with E-state index in [2.05, 4.69) is 0 Å². The Morgan fingerprint density at radius 3 is 2.52 bits per heavy atom. The molecule has 122 valence electrons. The monoisotopic (exact) mass is 316 g/mol. The molecule has 3 rings (SSSR count). The van der Waals surface area contributed by atoms with Crippen LogP contribution in [0.5, 0.6) is 0 Å². The van der Waals surface area contributed by atoms with Gasteiger partial charge >= 0.3 is 6.09 Å². The van der Waals surface area contributed by atoms with Crippen molar-refractivity contribution < 1.29 is 13.9 Å². The molecule has 1 heterocycles. The first-order valence-electron chi connectivity index (χ1n) is 7.92. The van der Waals surface area contributed by atoms with Crippen LogP contribution in [-0.2, 0) is 10.4 Å². The lowest BCUT2D eigenvalue weighted by atomic mass is 9.84. The second-order valence-corrected chi connectivity index (χ2v) is 7.47. The van der Waals surface area contributed by atoms with E-state index in [-0.39, 0.29) is 18.1 Å². The number of halogens is 1. The molecule has 0 aromatic heterocycles. The van der Waals surface area contributed by atoms with E-state index >= 15 is 4.39 Å². The molecule has 1 saturated heterocycles. The number of carbonyl (C=O) groups excluding carboxylic acids is 1. The third kappa shape index (κ3) is 2.78. The maximum absolute atomic E-state index is 15.5. The summed E-state index contributed by atoms with van der Waals surface area (Å²) in [6.45, 7) is 5.87. The number of nitrogens with zero attached hydrogens (tertiary/aromatic N) is 2. The highest BCUT2D eigenvalue weighted by Crippen LogP contribution is 2.53. The largest absolute Gasteiger partial charge is 0.444 e. The number of benzene rings is 1. The van der Waals surface area contributed by atoms with Crippen molar-refractivity contribution in [3.63, 3.8) is 0 Å². The molecule has 2 fully saturated rings. The third-order valence-corrected chi connectivity index (χ3v) is 4.72. The number of piperidine rings is 1. The molecule has 4 nitrogen and oxygen atoms in total. The predicted molar refractivity (Wildman–Crippen MR) is 83.4 cm³/mol. The molecular formula is C18H21FN2O2. The average molecular weight is 316 g/mol. The second kappa shape index (κ2) is 5.23. The van der Waals surface area contributed by atoms with Crippen molar-refractivity contribution in [3.05, 3.63) is 35.4 Å². The second-order valence-electron chi connectivity index (χ2n) is 7.47. The van der Waals surface area contributed by atoms with E-state index in [0.29, 0.717) is 30.5 Å². The van der Waals surface area contributed by atoms with Crippen molar-refractivity contribution in [3.8, 4) is 6.07 Å². The summed E-state index contributed by atoms with van der Waals surface area (Å²) >= 11 is 0. The molecule has 3 unspecified atom stereocenters. The molecular weight excluding hydrogens is 295 g/mol. The van der Waals surface area contributed by atoms with Crippen LogP contribution in [0.1, 0.15) is 44.7 Å².